The summed E-state index contributed by atoms with van der Waals surface area (Å²) >= 11 is 0. The summed E-state index contributed by atoms with van der Waals surface area (Å²) in [6.07, 6.45) is 0. The predicted molar refractivity (Wildman–Crippen MR) is 121 cm³/mol. The molecule has 0 spiro atoms. The Balaban J connectivity index is 2.36. The normalized spacial score (nSPS) is 17.5. The number of nitrogens with one attached hydrogen (secondary N) is 1. The van der Waals surface area contributed by atoms with E-state index in [4.69, 9.17) is 18.8 Å². The Morgan fingerprint density at radius 1 is 1.06 bits per heavy atom. The molecule has 172 valence electrons. The molecule has 1 N–H and O–H groups in total. The molecule has 0 amide bonds. The fourth-order valence-corrected chi connectivity index (χ4v) is 3.49. The van der Waals surface area contributed by atoms with E-state index in [1.54, 1.807) is 6.07 Å². The Labute approximate surface area is 186 Å². The van der Waals surface area contributed by atoms with Crippen LogP contribution in [0.15, 0.2) is 6.07 Å². The van der Waals surface area contributed by atoms with E-state index in [1.807, 2.05) is 62.3 Å². The maximum absolute atomic E-state index is 12.5. The van der Waals surface area contributed by atoms with E-state index in [-0.39, 0.29) is 12.5 Å². The van der Waals surface area contributed by atoms with Crippen LogP contribution in [0.25, 0.3) is 0 Å². The third-order valence-electron chi connectivity index (χ3n) is 5.91. The van der Waals surface area contributed by atoms with Crippen LogP contribution in [-0.2, 0) is 30.1 Å². The molecule has 8 heteroatoms. The molecular weight excluding hydrogens is 397 g/mol. The smallest absolute Gasteiger partial charge is 0.465 e. The summed E-state index contributed by atoms with van der Waals surface area (Å²) in [5.41, 5.74) is 2.28. The molecule has 31 heavy (non-hydrogen) atoms. The number of hydrogen-bond acceptors (Lipinski definition) is 7. The third-order valence-corrected chi connectivity index (χ3v) is 5.91. The van der Waals surface area contributed by atoms with Gasteiger partial charge in [0.15, 0.2) is 0 Å². The van der Waals surface area contributed by atoms with Crippen LogP contribution >= 0.6 is 0 Å². The Morgan fingerprint density at radius 3 is 2.10 bits per heavy atom. The predicted octanol–water partition coefficient (Wildman–Crippen LogP) is 2.82. The molecule has 1 fully saturated rings. The molecule has 1 aliphatic heterocycles. The molecule has 0 bridgehead atoms. The molecule has 0 atom stereocenters. The second-order valence-corrected chi connectivity index (χ2v) is 10.0. The lowest BCUT2D eigenvalue weighted by molar-refractivity contribution is -0.153. The number of benzene rings is 1. The molecule has 0 unspecified atom stereocenters. The molecule has 1 saturated heterocycles. The van der Waals surface area contributed by atoms with Crippen LogP contribution in [0.3, 0.4) is 0 Å². The van der Waals surface area contributed by atoms with E-state index in [0.717, 1.165) is 22.2 Å². The topological polar surface area (TPSA) is 83.1 Å². The highest BCUT2D eigenvalue weighted by molar-refractivity contribution is 6.63. The first-order chi connectivity index (χ1) is 14.1. The number of carbonyl (C=O) groups excluding carboxylic acids is 2. The van der Waals surface area contributed by atoms with Crippen molar-refractivity contribution in [2.24, 2.45) is 0 Å². The lowest BCUT2D eigenvalue weighted by atomic mass is 9.71. The van der Waals surface area contributed by atoms with Gasteiger partial charge in [-0.2, -0.15) is 0 Å². The Hall–Kier alpha value is -1.90. The molecule has 0 radical (unpaired) electrons. The van der Waals surface area contributed by atoms with Gasteiger partial charge in [0.2, 0.25) is 0 Å². The molecule has 0 aromatic heterocycles. The molecule has 1 aliphatic rings. The molecule has 0 saturated carbocycles. The van der Waals surface area contributed by atoms with Crippen LogP contribution in [0.1, 0.15) is 75.5 Å². The lowest BCUT2D eigenvalue weighted by Gasteiger charge is -2.32. The van der Waals surface area contributed by atoms with Gasteiger partial charge in [-0.05, 0) is 90.5 Å². The van der Waals surface area contributed by atoms with E-state index in [9.17, 15) is 9.59 Å². The third kappa shape index (κ3) is 5.67. The van der Waals surface area contributed by atoms with E-state index in [2.05, 4.69) is 5.32 Å². The largest absolute Gasteiger partial charge is 0.495 e. The summed E-state index contributed by atoms with van der Waals surface area (Å²) < 4.78 is 22.9. The molecule has 1 aromatic rings. The Morgan fingerprint density at radius 2 is 1.61 bits per heavy atom. The van der Waals surface area contributed by atoms with Gasteiger partial charge in [-0.1, -0.05) is 0 Å². The summed E-state index contributed by atoms with van der Waals surface area (Å²) in [6, 6.07) is 1.80. The summed E-state index contributed by atoms with van der Waals surface area (Å²) in [7, 11) is 0.746. The summed E-state index contributed by atoms with van der Waals surface area (Å²) in [6.45, 7) is 17.7. The number of methoxy groups -OCH3 is 1. The molecule has 1 aromatic carbocycles. The second-order valence-electron chi connectivity index (χ2n) is 10.0. The van der Waals surface area contributed by atoms with Crippen LogP contribution in [-0.4, -0.2) is 49.5 Å². The van der Waals surface area contributed by atoms with Gasteiger partial charge in [0.05, 0.1) is 30.4 Å². The monoisotopic (exact) mass is 433 g/mol. The van der Waals surface area contributed by atoms with E-state index in [1.165, 1.54) is 7.11 Å². The van der Waals surface area contributed by atoms with Crippen LogP contribution in [0.4, 0.5) is 0 Å². The van der Waals surface area contributed by atoms with Gasteiger partial charge in [-0.3, -0.25) is 4.79 Å². The van der Waals surface area contributed by atoms with Gasteiger partial charge < -0.3 is 24.1 Å². The van der Waals surface area contributed by atoms with Gasteiger partial charge in [0, 0.05) is 6.54 Å². The average molecular weight is 433 g/mol. The van der Waals surface area contributed by atoms with Crippen molar-refractivity contribution < 1.29 is 28.4 Å². The van der Waals surface area contributed by atoms with Crippen molar-refractivity contribution in [3.05, 3.63) is 28.3 Å². The van der Waals surface area contributed by atoms with Crippen LogP contribution in [0.2, 0.25) is 0 Å². The van der Waals surface area contributed by atoms with E-state index in [0.29, 0.717) is 12.1 Å². The first-order valence-electron chi connectivity index (χ1n) is 10.6. The maximum atomic E-state index is 12.5. The highest BCUT2D eigenvalue weighted by atomic mass is 16.7. The van der Waals surface area contributed by atoms with Crippen molar-refractivity contribution in [1.82, 2.24) is 5.32 Å². The highest BCUT2D eigenvalue weighted by Crippen LogP contribution is 2.37. The van der Waals surface area contributed by atoms with E-state index >= 15 is 0 Å². The number of ether oxygens (including phenoxy) is 2. The van der Waals surface area contributed by atoms with Crippen LogP contribution in [0.5, 0.6) is 0 Å². The molecule has 2 rings (SSSR count). The number of carbonyl (C=O) groups is 2. The minimum Gasteiger partial charge on any atom is -0.465 e. The first-order valence-corrected chi connectivity index (χ1v) is 10.6. The minimum absolute atomic E-state index is 0.0595. The molecular formula is C23H36BNO6. The van der Waals surface area contributed by atoms with Crippen molar-refractivity contribution in [2.45, 2.75) is 85.7 Å². The average Bonchev–Trinajstić information content (AvgIpc) is 2.82. The Kier molecular flexibility index (Phi) is 7.30. The number of hydrogen-bond donors (Lipinski definition) is 1. The maximum Gasteiger partial charge on any atom is 0.495 e. The van der Waals surface area contributed by atoms with Gasteiger partial charge in [-0.15, -0.1) is 0 Å². The minimum atomic E-state index is -0.612. The summed E-state index contributed by atoms with van der Waals surface area (Å²) in [5.74, 6) is -0.764. The van der Waals surface area contributed by atoms with Crippen molar-refractivity contribution in [2.75, 3.05) is 13.7 Å². The van der Waals surface area contributed by atoms with Crippen LogP contribution in [0, 0.1) is 13.8 Å². The summed E-state index contributed by atoms with van der Waals surface area (Å²) in [5, 5.41) is 3.11. The fraction of sp³-hybridized carbons (Fsp3) is 0.652. The molecule has 7 nitrogen and oxygen atoms in total. The molecule has 0 aliphatic carbocycles. The van der Waals surface area contributed by atoms with Gasteiger partial charge in [0.1, 0.15) is 5.60 Å². The zero-order valence-electron chi connectivity index (χ0n) is 20.5. The standard InChI is InChI=1S/C23H36BNO6/c1-14-16(12-25-13-18(26)29-21(3,4)5)11-17(20(27)28-10)15(2)19(14)24-30-22(6,7)23(8,9)31-24/h11,25H,12-13H2,1-10H3. The van der Waals surface area contributed by atoms with Crippen molar-refractivity contribution in [3.63, 3.8) is 0 Å². The van der Waals surface area contributed by atoms with E-state index < -0.39 is 29.9 Å². The fourth-order valence-electron chi connectivity index (χ4n) is 3.49. The highest BCUT2D eigenvalue weighted by Gasteiger charge is 2.52. The van der Waals surface area contributed by atoms with Gasteiger partial charge in [-0.25, -0.2) is 4.79 Å². The van der Waals surface area contributed by atoms with Crippen molar-refractivity contribution in [1.29, 1.82) is 0 Å². The zero-order chi connectivity index (χ0) is 23.8. The summed E-state index contributed by atoms with van der Waals surface area (Å²) in [4.78, 5) is 24.5. The quantitative estimate of drug-likeness (QED) is 0.546. The number of rotatable bonds is 6. The van der Waals surface area contributed by atoms with Crippen molar-refractivity contribution in [3.8, 4) is 0 Å². The van der Waals surface area contributed by atoms with Gasteiger partial charge in [0.25, 0.3) is 0 Å². The lowest BCUT2D eigenvalue weighted by Crippen LogP contribution is -2.41. The second kappa shape index (κ2) is 8.92. The Bertz CT molecular complexity index is 841. The first kappa shape index (κ1) is 25.4. The SMILES string of the molecule is COC(=O)c1cc(CNCC(=O)OC(C)(C)C)c(C)c(B2OC(C)(C)C(C)(C)O2)c1C. The van der Waals surface area contributed by atoms with Crippen LogP contribution < -0.4 is 10.8 Å². The number of esters is 2. The van der Waals surface area contributed by atoms with Gasteiger partial charge >= 0.3 is 19.1 Å². The molecule has 1 heterocycles. The van der Waals surface area contributed by atoms with Crippen molar-refractivity contribution >= 4 is 24.5 Å². The zero-order valence-corrected chi connectivity index (χ0v) is 20.5.